The Morgan fingerprint density at radius 3 is 2.12 bits per heavy atom. The third-order valence-corrected chi connectivity index (χ3v) is 7.67. The molecule has 180 valence electrons. The van der Waals surface area contributed by atoms with Gasteiger partial charge in [-0.1, -0.05) is 80.9 Å². The second-order valence-electron chi connectivity index (χ2n) is 9.78. The molecule has 3 aromatic carbocycles. The minimum absolute atomic E-state index is 0.0449. The summed E-state index contributed by atoms with van der Waals surface area (Å²) in [6.07, 6.45) is 0. The van der Waals surface area contributed by atoms with Gasteiger partial charge in [-0.25, -0.2) is 8.42 Å². The first kappa shape index (κ1) is 25.5. The lowest BCUT2D eigenvalue weighted by molar-refractivity contribution is -0.120. The fourth-order valence-electron chi connectivity index (χ4n) is 3.88. The number of carbonyl (C=O) groups is 1. The maximum atomic E-state index is 13.5. The van der Waals surface area contributed by atoms with Crippen LogP contribution in [0.3, 0.4) is 0 Å². The van der Waals surface area contributed by atoms with Gasteiger partial charge in [0.05, 0.1) is 16.6 Å². The summed E-state index contributed by atoms with van der Waals surface area (Å²) in [4.78, 5) is 13.2. The van der Waals surface area contributed by atoms with Crippen molar-refractivity contribution in [1.29, 1.82) is 0 Å². The fraction of sp³-hybridized carbons (Fsp3) is 0.321. The number of aryl methyl sites for hydroxylation is 2. The van der Waals surface area contributed by atoms with Crippen LogP contribution in [0.15, 0.2) is 77.7 Å². The second-order valence-corrected chi connectivity index (χ2v) is 11.6. The summed E-state index contributed by atoms with van der Waals surface area (Å²) in [5, 5.41) is 2.96. The van der Waals surface area contributed by atoms with Gasteiger partial charge in [0.1, 0.15) is 6.54 Å². The quantitative estimate of drug-likeness (QED) is 0.475. The molecule has 0 aliphatic rings. The Balaban J connectivity index is 1.87. The Bertz CT molecular complexity index is 1250. The Morgan fingerprint density at radius 2 is 1.56 bits per heavy atom. The third kappa shape index (κ3) is 5.86. The number of amides is 1. The summed E-state index contributed by atoms with van der Waals surface area (Å²) >= 11 is 0. The van der Waals surface area contributed by atoms with Crippen LogP contribution in [0.4, 0.5) is 5.69 Å². The average molecular weight is 479 g/mol. The molecule has 1 N–H and O–H groups in total. The molecule has 0 heterocycles. The molecule has 1 unspecified atom stereocenters. The van der Waals surface area contributed by atoms with Crippen LogP contribution in [-0.2, 0) is 20.2 Å². The first-order chi connectivity index (χ1) is 15.9. The van der Waals surface area contributed by atoms with Gasteiger partial charge >= 0.3 is 0 Å². The highest BCUT2D eigenvalue weighted by molar-refractivity contribution is 7.92. The summed E-state index contributed by atoms with van der Waals surface area (Å²) in [6, 6.07) is 21.6. The number of sulfonamides is 1. The molecule has 5 nitrogen and oxygen atoms in total. The molecule has 0 fully saturated rings. The van der Waals surface area contributed by atoms with Crippen molar-refractivity contribution in [2.75, 3.05) is 10.8 Å². The first-order valence-corrected chi connectivity index (χ1v) is 12.9. The molecule has 3 rings (SSSR count). The number of nitrogens with one attached hydrogen (secondary N) is 1. The number of anilines is 1. The van der Waals surface area contributed by atoms with Gasteiger partial charge in [-0.05, 0) is 61.1 Å². The summed E-state index contributed by atoms with van der Waals surface area (Å²) in [5.41, 5.74) is 4.53. The van der Waals surface area contributed by atoms with Gasteiger partial charge in [-0.15, -0.1) is 0 Å². The molecule has 0 saturated heterocycles. The van der Waals surface area contributed by atoms with Crippen molar-refractivity contribution in [2.24, 2.45) is 0 Å². The second kappa shape index (κ2) is 10.0. The van der Waals surface area contributed by atoms with Crippen LogP contribution in [0.25, 0.3) is 0 Å². The number of nitrogens with zero attached hydrogens (tertiary/aromatic N) is 1. The van der Waals surface area contributed by atoms with E-state index in [0.717, 1.165) is 16.7 Å². The van der Waals surface area contributed by atoms with Crippen LogP contribution in [-0.4, -0.2) is 20.9 Å². The van der Waals surface area contributed by atoms with E-state index in [1.807, 2.05) is 45.0 Å². The van der Waals surface area contributed by atoms with Gasteiger partial charge in [-0.3, -0.25) is 9.10 Å². The zero-order chi connectivity index (χ0) is 25.1. The van der Waals surface area contributed by atoms with Gasteiger partial charge in [0.2, 0.25) is 5.91 Å². The maximum absolute atomic E-state index is 13.5. The zero-order valence-electron chi connectivity index (χ0n) is 20.8. The van der Waals surface area contributed by atoms with E-state index in [2.05, 4.69) is 38.2 Å². The van der Waals surface area contributed by atoms with Crippen molar-refractivity contribution < 1.29 is 13.2 Å². The maximum Gasteiger partial charge on any atom is 0.264 e. The molecule has 0 bridgehead atoms. The van der Waals surface area contributed by atoms with E-state index in [0.29, 0.717) is 5.69 Å². The Morgan fingerprint density at radius 1 is 0.941 bits per heavy atom. The normalized spacial score (nSPS) is 12.8. The van der Waals surface area contributed by atoms with E-state index in [1.54, 1.807) is 36.4 Å². The largest absolute Gasteiger partial charge is 0.348 e. The molecule has 0 aliphatic heterocycles. The van der Waals surface area contributed by atoms with Gasteiger partial charge in [0, 0.05) is 0 Å². The summed E-state index contributed by atoms with van der Waals surface area (Å²) < 4.78 is 28.3. The minimum Gasteiger partial charge on any atom is -0.348 e. The summed E-state index contributed by atoms with van der Waals surface area (Å²) in [5.74, 6) is -0.369. The first-order valence-electron chi connectivity index (χ1n) is 11.4. The summed E-state index contributed by atoms with van der Waals surface area (Å²) in [6.45, 7) is 11.9. The van der Waals surface area contributed by atoms with Crippen molar-refractivity contribution in [3.63, 3.8) is 0 Å². The molecule has 1 amide bonds. The highest BCUT2D eigenvalue weighted by atomic mass is 32.2. The topological polar surface area (TPSA) is 66.5 Å². The van der Waals surface area contributed by atoms with E-state index < -0.39 is 10.0 Å². The highest BCUT2D eigenvalue weighted by Crippen LogP contribution is 2.28. The van der Waals surface area contributed by atoms with E-state index in [9.17, 15) is 13.2 Å². The monoisotopic (exact) mass is 478 g/mol. The lowest BCUT2D eigenvalue weighted by Crippen LogP contribution is -2.42. The molecular weight excluding hydrogens is 444 g/mol. The van der Waals surface area contributed by atoms with Gasteiger partial charge in [0.15, 0.2) is 0 Å². The van der Waals surface area contributed by atoms with Crippen molar-refractivity contribution >= 4 is 21.6 Å². The molecule has 6 heteroatoms. The van der Waals surface area contributed by atoms with Crippen LogP contribution in [0.2, 0.25) is 0 Å². The van der Waals surface area contributed by atoms with E-state index >= 15 is 0 Å². The van der Waals surface area contributed by atoms with Crippen LogP contribution in [0.1, 0.15) is 56.0 Å². The minimum atomic E-state index is -3.93. The summed E-state index contributed by atoms with van der Waals surface area (Å²) in [7, 11) is -3.93. The van der Waals surface area contributed by atoms with Gasteiger partial charge in [0.25, 0.3) is 10.0 Å². The Kier molecular flexibility index (Phi) is 7.51. The van der Waals surface area contributed by atoms with Gasteiger partial charge < -0.3 is 5.32 Å². The average Bonchev–Trinajstić information content (AvgIpc) is 2.78. The van der Waals surface area contributed by atoms with Crippen LogP contribution < -0.4 is 9.62 Å². The standard InChI is InChI=1S/C28H34N2O3S/c1-20-12-17-26(21(2)18-20)30(34(32,33)25-10-8-7-9-11-25)19-27(31)29-22(3)23-13-15-24(16-14-23)28(4,5)6/h7-18,22H,19H2,1-6H3,(H,29,31). The van der Waals surface area contributed by atoms with Crippen molar-refractivity contribution in [3.05, 3.63) is 95.1 Å². The van der Waals surface area contributed by atoms with Gasteiger partial charge in [-0.2, -0.15) is 0 Å². The number of hydrogen-bond donors (Lipinski definition) is 1. The van der Waals surface area contributed by atoms with Crippen LogP contribution in [0.5, 0.6) is 0 Å². The molecule has 3 aromatic rings. The number of benzene rings is 3. The molecule has 0 aliphatic carbocycles. The van der Waals surface area contributed by atoms with E-state index in [-0.39, 0.29) is 28.8 Å². The van der Waals surface area contributed by atoms with E-state index in [4.69, 9.17) is 0 Å². The number of hydrogen-bond acceptors (Lipinski definition) is 3. The zero-order valence-corrected chi connectivity index (χ0v) is 21.6. The number of carbonyl (C=O) groups excluding carboxylic acids is 1. The Hall–Kier alpha value is -3.12. The van der Waals surface area contributed by atoms with Crippen molar-refractivity contribution in [1.82, 2.24) is 5.32 Å². The number of rotatable bonds is 7. The predicted molar refractivity (Wildman–Crippen MR) is 139 cm³/mol. The highest BCUT2D eigenvalue weighted by Gasteiger charge is 2.28. The SMILES string of the molecule is Cc1ccc(N(CC(=O)NC(C)c2ccc(C(C)(C)C)cc2)S(=O)(=O)c2ccccc2)c(C)c1. The van der Waals surface area contributed by atoms with E-state index in [1.165, 1.54) is 9.87 Å². The van der Waals surface area contributed by atoms with Crippen LogP contribution >= 0.6 is 0 Å². The van der Waals surface area contributed by atoms with Crippen LogP contribution in [0, 0.1) is 13.8 Å². The predicted octanol–water partition coefficient (Wildman–Crippen LogP) is 5.67. The fourth-order valence-corrected chi connectivity index (χ4v) is 5.38. The lowest BCUT2D eigenvalue weighted by atomic mass is 9.86. The molecule has 0 saturated carbocycles. The van der Waals surface area contributed by atoms with Crippen molar-refractivity contribution in [2.45, 2.75) is 57.9 Å². The molecule has 0 spiro atoms. The third-order valence-electron chi connectivity index (χ3n) is 5.89. The molecule has 0 aromatic heterocycles. The molecule has 0 radical (unpaired) electrons. The molecule has 34 heavy (non-hydrogen) atoms. The molecular formula is C28H34N2O3S. The molecule has 1 atom stereocenters. The Labute approximate surface area is 203 Å². The smallest absolute Gasteiger partial charge is 0.264 e. The lowest BCUT2D eigenvalue weighted by Gasteiger charge is -2.27. The van der Waals surface area contributed by atoms with Crippen molar-refractivity contribution in [3.8, 4) is 0 Å².